The number of nitrogens with one attached hydrogen (secondary N) is 1. The van der Waals surface area contributed by atoms with Gasteiger partial charge in [-0.25, -0.2) is 13.2 Å². The van der Waals surface area contributed by atoms with E-state index in [2.05, 4.69) is 10.5 Å². The van der Waals surface area contributed by atoms with Crippen molar-refractivity contribution in [3.05, 3.63) is 28.0 Å². The van der Waals surface area contributed by atoms with E-state index in [1.54, 1.807) is 20.8 Å². The van der Waals surface area contributed by atoms with Gasteiger partial charge in [0.2, 0.25) is 15.9 Å². The zero-order chi connectivity index (χ0) is 23.0. The van der Waals surface area contributed by atoms with Crippen molar-refractivity contribution in [1.82, 2.24) is 9.46 Å². The van der Waals surface area contributed by atoms with Gasteiger partial charge < -0.3 is 14.6 Å². The largest absolute Gasteiger partial charge is 0.462 e. The Morgan fingerprint density at radius 2 is 2.06 bits per heavy atom. The van der Waals surface area contributed by atoms with Crippen LogP contribution in [0.4, 0.5) is 5.00 Å². The van der Waals surface area contributed by atoms with E-state index in [0.29, 0.717) is 41.6 Å². The zero-order valence-electron chi connectivity index (χ0n) is 18.3. The molecule has 1 amide bonds. The summed E-state index contributed by atoms with van der Waals surface area (Å²) in [5.41, 5.74) is 1.66. The summed E-state index contributed by atoms with van der Waals surface area (Å²) in [5.74, 6) is -0.683. The first-order valence-electron chi connectivity index (χ1n) is 10.8. The molecular weight excluding hydrogens is 454 g/mol. The van der Waals surface area contributed by atoms with Crippen LogP contribution in [0, 0.1) is 19.8 Å². The quantitative estimate of drug-likeness (QED) is 0.602. The Hall–Kier alpha value is -2.24. The highest BCUT2D eigenvalue weighted by Gasteiger charge is 2.37. The highest BCUT2D eigenvalue weighted by molar-refractivity contribution is 7.89. The average Bonchev–Trinajstić information content (AvgIpc) is 3.43. The summed E-state index contributed by atoms with van der Waals surface area (Å²) in [5, 5.41) is 9.01. The van der Waals surface area contributed by atoms with Crippen LogP contribution in [0.5, 0.6) is 0 Å². The number of aryl methyl sites for hydroxylation is 2. The van der Waals surface area contributed by atoms with Gasteiger partial charge in [0.25, 0.3) is 0 Å². The fraction of sp³-hybridized carbons (Fsp3) is 0.571. The number of carbonyl (C=O) groups excluding carboxylic acids is 2. The van der Waals surface area contributed by atoms with Crippen molar-refractivity contribution in [3.63, 3.8) is 0 Å². The molecule has 1 N–H and O–H groups in total. The van der Waals surface area contributed by atoms with Crippen LogP contribution in [0.25, 0.3) is 0 Å². The summed E-state index contributed by atoms with van der Waals surface area (Å²) >= 11 is 1.31. The van der Waals surface area contributed by atoms with Crippen LogP contribution in [0.1, 0.15) is 65.9 Å². The van der Waals surface area contributed by atoms with Gasteiger partial charge in [-0.3, -0.25) is 4.79 Å². The molecule has 0 aromatic carbocycles. The molecule has 1 aliphatic heterocycles. The van der Waals surface area contributed by atoms with E-state index < -0.39 is 21.9 Å². The van der Waals surface area contributed by atoms with E-state index in [0.717, 1.165) is 18.4 Å². The van der Waals surface area contributed by atoms with E-state index in [9.17, 15) is 18.0 Å². The van der Waals surface area contributed by atoms with Gasteiger partial charge in [0.1, 0.15) is 15.6 Å². The molecule has 0 spiro atoms. The molecule has 0 bridgehead atoms. The molecule has 11 heteroatoms. The number of amides is 1. The van der Waals surface area contributed by atoms with E-state index in [1.165, 1.54) is 15.6 Å². The second-order valence-corrected chi connectivity index (χ2v) is 11.0. The minimum absolute atomic E-state index is 0.0633. The number of anilines is 1. The number of ether oxygens (including phenoxy) is 1. The number of hydrogen-bond donors (Lipinski definition) is 1. The predicted octanol–water partition coefficient (Wildman–Crippen LogP) is 3.45. The number of aromatic nitrogens is 1. The Balaban J connectivity index is 1.52. The minimum Gasteiger partial charge on any atom is -0.462 e. The van der Waals surface area contributed by atoms with Crippen molar-refractivity contribution in [3.8, 4) is 0 Å². The lowest BCUT2D eigenvalue weighted by molar-refractivity contribution is -0.120. The maximum Gasteiger partial charge on any atom is 0.341 e. The summed E-state index contributed by atoms with van der Waals surface area (Å²) in [6, 6.07) is 0. The SMILES string of the molecule is CCOC(=O)c1c(C2CC2)csc1NC(=O)C1CCCN(S(=O)(=O)c2c(C)noc2C)C1. The van der Waals surface area contributed by atoms with Crippen LogP contribution in [-0.2, 0) is 19.6 Å². The van der Waals surface area contributed by atoms with Gasteiger partial charge in [-0.2, -0.15) is 4.31 Å². The van der Waals surface area contributed by atoms with E-state index in [-0.39, 0.29) is 29.7 Å². The van der Waals surface area contributed by atoms with Gasteiger partial charge in [-0.1, -0.05) is 5.16 Å². The highest BCUT2D eigenvalue weighted by Crippen LogP contribution is 2.46. The molecule has 1 atom stereocenters. The molecular formula is C21H27N3O6S2. The van der Waals surface area contributed by atoms with Gasteiger partial charge in [-0.15, -0.1) is 11.3 Å². The number of carbonyl (C=O) groups is 2. The number of nitrogens with zero attached hydrogens (tertiary/aromatic N) is 2. The predicted molar refractivity (Wildman–Crippen MR) is 118 cm³/mol. The first-order chi connectivity index (χ1) is 15.2. The van der Waals surface area contributed by atoms with Crippen LogP contribution in [0.3, 0.4) is 0 Å². The molecule has 2 fully saturated rings. The summed E-state index contributed by atoms with van der Waals surface area (Å²) in [7, 11) is -3.82. The van der Waals surface area contributed by atoms with Crippen LogP contribution in [-0.4, -0.2) is 49.5 Å². The molecule has 2 aliphatic rings. The van der Waals surface area contributed by atoms with Crippen LogP contribution in [0.2, 0.25) is 0 Å². The summed E-state index contributed by atoms with van der Waals surface area (Å²) < 4.78 is 37.9. The first kappa shape index (κ1) is 22.9. The molecule has 4 rings (SSSR count). The van der Waals surface area contributed by atoms with Gasteiger partial charge >= 0.3 is 5.97 Å². The van der Waals surface area contributed by atoms with Crippen molar-refractivity contribution < 1.29 is 27.3 Å². The molecule has 3 heterocycles. The minimum atomic E-state index is -3.82. The Morgan fingerprint density at radius 1 is 1.31 bits per heavy atom. The first-order valence-corrected chi connectivity index (χ1v) is 13.1. The highest BCUT2D eigenvalue weighted by atomic mass is 32.2. The fourth-order valence-corrected chi connectivity index (χ4v) is 6.98. The van der Waals surface area contributed by atoms with E-state index in [4.69, 9.17) is 9.26 Å². The standard InChI is InChI=1S/C21H27N3O6S2/c1-4-29-21(26)17-16(14-7-8-14)11-31-20(17)22-19(25)15-6-5-9-24(10-15)32(27,28)18-12(2)23-30-13(18)3/h11,14-15H,4-10H2,1-3H3,(H,22,25). The number of esters is 1. The van der Waals surface area contributed by atoms with Gasteiger partial charge in [0, 0.05) is 13.1 Å². The van der Waals surface area contributed by atoms with Gasteiger partial charge in [-0.05, 0) is 63.3 Å². The second-order valence-electron chi connectivity index (χ2n) is 8.23. The molecule has 9 nitrogen and oxygen atoms in total. The monoisotopic (exact) mass is 481 g/mol. The van der Waals surface area contributed by atoms with Crippen LogP contribution < -0.4 is 5.32 Å². The maximum atomic E-state index is 13.2. The smallest absolute Gasteiger partial charge is 0.341 e. The fourth-order valence-electron chi connectivity index (χ4n) is 4.13. The third-order valence-corrected chi connectivity index (χ3v) is 8.90. The van der Waals surface area contributed by atoms with Crippen LogP contribution in [0.15, 0.2) is 14.8 Å². The number of piperidine rings is 1. The average molecular weight is 482 g/mol. The molecule has 2 aromatic heterocycles. The van der Waals surface area contributed by atoms with E-state index in [1.807, 2.05) is 5.38 Å². The van der Waals surface area contributed by atoms with E-state index >= 15 is 0 Å². The number of thiophene rings is 1. The molecule has 32 heavy (non-hydrogen) atoms. The lowest BCUT2D eigenvalue weighted by atomic mass is 9.99. The summed E-state index contributed by atoms with van der Waals surface area (Å²) in [6.07, 6.45) is 3.17. The normalized spacial score (nSPS) is 19.7. The molecule has 174 valence electrons. The van der Waals surface area contributed by atoms with Crippen molar-refractivity contribution in [2.45, 2.75) is 57.3 Å². The number of hydrogen-bond acceptors (Lipinski definition) is 8. The zero-order valence-corrected chi connectivity index (χ0v) is 20.0. The van der Waals surface area contributed by atoms with Gasteiger partial charge in [0.15, 0.2) is 5.76 Å². The Morgan fingerprint density at radius 3 is 2.69 bits per heavy atom. The van der Waals surface area contributed by atoms with Crippen LogP contribution >= 0.6 is 11.3 Å². The molecule has 1 saturated carbocycles. The Kier molecular flexibility index (Phi) is 6.42. The number of sulfonamides is 1. The van der Waals surface area contributed by atoms with Crippen molar-refractivity contribution >= 4 is 38.2 Å². The Bertz CT molecular complexity index is 1110. The Labute approximate surface area is 191 Å². The van der Waals surface area contributed by atoms with Crippen molar-refractivity contribution in [1.29, 1.82) is 0 Å². The molecule has 1 saturated heterocycles. The summed E-state index contributed by atoms with van der Waals surface area (Å²) in [6.45, 7) is 5.54. The molecule has 1 unspecified atom stereocenters. The third-order valence-electron chi connectivity index (χ3n) is 5.87. The molecule has 1 aliphatic carbocycles. The number of rotatable bonds is 7. The van der Waals surface area contributed by atoms with Crippen molar-refractivity contribution in [2.75, 3.05) is 25.0 Å². The van der Waals surface area contributed by atoms with Crippen molar-refractivity contribution in [2.24, 2.45) is 5.92 Å². The maximum absolute atomic E-state index is 13.2. The lowest BCUT2D eigenvalue weighted by Gasteiger charge is -2.31. The molecule has 2 aromatic rings. The summed E-state index contributed by atoms with van der Waals surface area (Å²) in [4.78, 5) is 25.7. The third kappa shape index (κ3) is 4.33. The second kappa shape index (κ2) is 8.95. The molecule has 0 radical (unpaired) electrons. The topological polar surface area (TPSA) is 119 Å². The lowest BCUT2D eigenvalue weighted by Crippen LogP contribution is -2.44. The van der Waals surface area contributed by atoms with Gasteiger partial charge in [0.05, 0.1) is 18.1 Å².